The number of thiazole rings is 1. The molecule has 2 aromatic heterocycles. The molecule has 0 unspecified atom stereocenters. The van der Waals surface area contributed by atoms with Crippen LogP contribution in [0.5, 0.6) is 23.0 Å². The summed E-state index contributed by atoms with van der Waals surface area (Å²) in [6.07, 6.45) is 1.45. The lowest BCUT2D eigenvalue weighted by Gasteiger charge is -2.15. The van der Waals surface area contributed by atoms with Crippen LogP contribution >= 0.6 is 11.3 Å². The van der Waals surface area contributed by atoms with Gasteiger partial charge < -0.3 is 23.4 Å². The highest BCUT2D eigenvalue weighted by atomic mass is 32.1. The molecule has 0 saturated carbocycles. The van der Waals surface area contributed by atoms with Gasteiger partial charge in [-0.15, -0.1) is 0 Å². The number of hydrogen-bond donors (Lipinski definition) is 0. The zero-order valence-corrected chi connectivity index (χ0v) is 24.4. The number of carbonyl (C=O) groups is 1. The van der Waals surface area contributed by atoms with Crippen molar-refractivity contribution in [3.8, 4) is 23.0 Å². The molecule has 0 aliphatic carbocycles. The van der Waals surface area contributed by atoms with E-state index in [0.29, 0.717) is 45.0 Å². The molecule has 43 heavy (non-hydrogen) atoms. The molecule has 0 spiro atoms. The zero-order valence-electron chi connectivity index (χ0n) is 23.6. The van der Waals surface area contributed by atoms with Gasteiger partial charge in [-0.25, -0.2) is 9.78 Å². The van der Waals surface area contributed by atoms with Gasteiger partial charge in [0, 0.05) is 10.9 Å². The molecule has 0 radical (unpaired) electrons. The van der Waals surface area contributed by atoms with E-state index in [1.165, 1.54) is 38.9 Å². The van der Waals surface area contributed by atoms with Gasteiger partial charge in [0.1, 0.15) is 16.9 Å². The fourth-order valence-electron chi connectivity index (χ4n) is 4.73. The van der Waals surface area contributed by atoms with E-state index in [1.807, 2.05) is 36.4 Å². The van der Waals surface area contributed by atoms with Gasteiger partial charge in [0.25, 0.3) is 5.91 Å². The van der Waals surface area contributed by atoms with Crippen LogP contribution in [0.4, 0.5) is 5.13 Å². The number of carbonyl (C=O) groups excluding carboxylic acids is 1. The number of hydrazone groups is 1. The topological polar surface area (TPSA) is 113 Å². The summed E-state index contributed by atoms with van der Waals surface area (Å²) in [7, 11) is 6.09. The summed E-state index contributed by atoms with van der Waals surface area (Å²) in [5, 5.41) is 8.26. The van der Waals surface area contributed by atoms with Gasteiger partial charge in [-0.1, -0.05) is 41.7 Å². The summed E-state index contributed by atoms with van der Waals surface area (Å²) in [5.74, 6) is 1.17. The Balaban J connectivity index is 1.50. The average molecular weight is 596 g/mol. The molecule has 2 heterocycles. The highest BCUT2D eigenvalue weighted by Crippen LogP contribution is 2.38. The predicted molar refractivity (Wildman–Crippen MR) is 167 cm³/mol. The number of benzene rings is 4. The fourth-order valence-corrected chi connectivity index (χ4v) is 5.68. The third kappa shape index (κ3) is 5.10. The molecule has 0 atom stereocenters. The first-order valence-electron chi connectivity index (χ1n) is 13.0. The van der Waals surface area contributed by atoms with Gasteiger partial charge >= 0.3 is 5.63 Å². The Morgan fingerprint density at radius 3 is 2.37 bits per heavy atom. The molecule has 0 saturated heterocycles. The van der Waals surface area contributed by atoms with Crippen molar-refractivity contribution in [3.05, 3.63) is 94.3 Å². The highest BCUT2D eigenvalue weighted by molar-refractivity contribution is 7.22. The van der Waals surface area contributed by atoms with Crippen LogP contribution in [-0.4, -0.2) is 45.5 Å². The van der Waals surface area contributed by atoms with Crippen molar-refractivity contribution in [2.75, 3.05) is 33.4 Å². The highest BCUT2D eigenvalue weighted by Gasteiger charge is 2.26. The van der Waals surface area contributed by atoms with Crippen LogP contribution < -0.4 is 29.6 Å². The predicted octanol–water partition coefficient (Wildman–Crippen LogP) is 6.27. The number of nitrogens with zero attached hydrogens (tertiary/aromatic N) is 3. The molecule has 10 nitrogen and oxygen atoms in total. The van der Waals surface area contributed by atoms with Crippen LogP contribution in [0.2, 0.25) is 0 Å². The first-order chi connectivity index (χ1) is 20.9. The smallest absolute Gasteiger partial charge is 0.349 e. The maximum absolute atomic E-state index is 14.1. The van der Waals surface area contributed by atoms with E-state index in [1.54, 1.807) is 43.5 Å². The van der Waals surface area contributed by atoms with E-state index in [0.717, 1.165) is 20.5 Å². The van der Waals surface area contributed by atoms with E-state index in [2.05, 4.69) is 10.1 Å². The number of aromatic nitrogens is 1. The lowest BCUT2D eigenvalue weighted by Crippen LogP contribution is -2.30. The third-order valence-electron chi connectivity index (χ3n) is 6.84. The number of methoxy groups -OCH3 is 4. The number of amides is 1. The van der Waals surface area contributed by atoms with Crippen LogP contribution in [-0.2, 0) is 0 Å². The Kier molecular flexibility index (Phi) is 7.39. The molecular formula is C32H25N3O7S. The molecule has 1 amide bonds. The van der Waals surface area contributed by atoms with Crippen molar-refractivity contribution in [3.63, 3.8) is 0 Å². The molecular weight excluding hydrogens is 570 g/mol. The maximum atomic E-state index is 14.1. The number of anilines is 1. The first kappa shape index (κ1) is 27.7. The standard InChI is InChI=1S/C32H25N3O7S/c1-38-20-10-11-24-28(15-20)43-32(34-24)35(33-17-18-13-26(39-2)29(41-4)27(14-18)40-3)30(36)23-16-22-21-8-6-5-7-19(21)9-12-25(22)42-31(23)37/h5-17H,1-4H3/b33-17+. The quantitative estimate of drug-likeness (QED) is 0.0876. The molecule has 6 aromatic rings. The lowest BCUT2D eigenvalue weighted by molar-refractivity contribution is 0.0984. The van der Waals surface area contributed by atoms with Gasteiger partial charge in [0.2, 0.25) is 10.9 Å². The molecule has 216 valence electrons. The number of rotatable bonds is 8. The van der Waals surface area contributed by atoms with E-state index < -0.39 is 11.5 Å². The maximum Gasteiger partial charge on any atom is 0.349 e. The summed E-state index contributed by atoms with van der Waals surface area (Å²) >= 11 is 1.22. The normalized spacial score (nSPS) is 11.3. The Morgan fingerprint density at radius 1 is 0.884 bits per heavy atom. The van der Waals surface area contributed by atoms with Gasteiger partial charge in [-0.2, -0.15) is 10.1 Å². The van der Waals surface area contributed by atoms with Crippen LogP contribution in [0.3, 0.4) is 0 Å². The minimum atomic E-state index is -0.788. The van der Waals surface area contributed by atoms with Crippen LogP contribution in [0.1, 0.15) is 15.9 Å². The summed E-state index contributed by atoms with van der Waals surface area (Å²) in [6, 6.07) is 21.6. The molecule has 11 heteroatoms. The Morgan fingerprint density at radius 2 is 1.65 bits per heavy atom. The molecule has 6 rings (SSSR count). The van der Waals surface area contributed by atoms with Crippen molar-refractivity contribution in [1.82, 2.24) is 4.98 Å². The van der Waals surface area contributed by atoms with Gasteiger partial charge in [0.15, 0.2) is 11.5 Å². The SMILES string of the molecule is COc1ccc2nc(N(/N=C/c3cc(OC)c(OC)c(OC)c3)C(=O)c3cc4c(ccc5ccccc54)oc3=O)sc2c1. The molecule has 0 N–H and O–H groups in total. The van der Waals surface area contributed by atoms with E-state index >= 15 is 0 Å². The second-order valence-electron chi connectivity index (χ2n) is 9.30. The second-order valence-corrected chi connectivity index (χ2v) is 10.3. The lowest BCUT2D eigenvalue weighted by atomic mass is 10.0. The van der Waals surface area contributed by atoms with E-state index in [-0.39, 0.29) is 10.7 Å². The van der Waals surface area contributed by atoms with Crippen molar-refractivity contribution in [2.45, 2.75) is 0 Å². The zero-order chi connectivity index (χ0) is 30.1. The van der Waals surface area contributed by atoms with Gasteiger partial charge in [0.05, 0.1) is 44.9 Å². The van der Waals surface area contributed by atoms with Gasteiger partial charge in [-0.05, 0) is 53.2 Å². The van der Waals surface area contributed by atoms with Crippen LogP contribution in [0.15, 0.2) is 87.1 Å². The Labute approximate surface area is 249 Å². The minimum absolute atomic E-state index is 0.192. The minimum Gasteiger partial charge on any atom is -0.497 e. The van der Waals surface area contributed by atoms with E-state index in [9.17, 15) is 9.59 Å². The third-order valence-corrected chi connectivity index (χ3v) is 7.83. The first-order valence-corrected chi connectivity index (χ1v) is 13.8. The van der Waals surface area contributed by atoms with Crippen molar-refractivity contribution >= 4 is 60.5 Å². The van der Waals surface area contributed by atoms with E-state index in [4.69, 9.17) is 23.4 Å². The fraction of sp³-hybridized carbons (Fsp3) is 0.125. The van der Waals surface area contributed by atoms with Gasteiger partial charge in [-0.3, -0.25) is 4.79 Å². The molecule has 0 aliphatic heterocycles. The Hall–Kier alpha value is -5.42. The summed E-state index contributed by atoms with van der Waals surface area (Å²) in [5.41, 5.74) is 0.579. The van der Waals surface area contributed by atoms with Crippen LogP contribution in [0, 0.1) is 0 Å². The average Bonchev–Trinajstić information content (AvgIpc) is 3.46. The summed E-state index contributed by atoms with van der Waals surface area (Å²) in [4.78, 5) is 31.9. The summed E-state index contributed by atoms with van der Waals surface area (Å²) < 4.78 is 28.1. The van der Waals surface area contributed by atoms with Crippen molar-refractivity contribution < 1.29 is 28.2 Å². The molecule has 4 aromatic carbocycles. The number of hydrogen-bond acceptors (Lipinski definition) is 10. The largest absolute Gasteiger partial charge is 0.497 e. The molecule has 0 aliphatic rings. The molecule has 0 bridgehead atoms. The van der Waals surface area contributed by atoms with Crippen LogP contribution in [0.25, 0.3) is 32.0 Å². The Bertz CT molecular complexity index is 2080. The summed E-state index contributed by atoms with van der Waals surface area (Å²) in [6.45, 7) is 0. The monoisotopic (exact) mass is 595 g/mol. The molecule has 0 fully saturated rings. The number of fused-ring (bicyclic) bond motifs is 4. The van der Waals surface area contributed by atoms with Crippen molar-refractivity contribution in [2.24, 2.45) is 5.10 Å². The second kappa shape index (κ2) is 11.5. The van der Waals surface area contributed by atoms with Crippen molar-refractivity contribution in [1.29, 1.82) is 0 Å². The number of ether oxygens (including phenoxy) is 4.